The fourth-order valence-electron chi connectivity index (χ4n) is 4.96. The van der Waals surface area contributed by atoms with Gasteiger partial charge in [-0.25, -0.2) is 27.1 Å². The predicted molar refractivity (Wildman–Crippen MR) is 147 cm³/mol. The van der Waals surface area contributed by atoms with Crippen molar-refractivity contribution in [1.82, 2.24) is 23.9 Å². The summed E-state index contributed by atoms with van der Waals surface area (Å²) in [6.07, 6.45) is 3.25. The molecule has 0 spiro atoms. The van der Waals surface area contributed by atoms with Crippen LogP contribution >= 0.6 is 11.3 Å². The van der Waals surface area contributed by atoms with Crippen LogP contribution in [0, 0.1) is 17.1 Å². The van der Waals surface area contributed by atoms with E-state index in [9.17, 15) is 23.2 Å². The third kappa shape index (κ3) is 5.12. The van der Waals surface area contributed by atoms with Gasteiger partial charge < -0.3 is 10.0 Å². The number of sulfonamides is 1. The Bertz CT molecular complexity index is 1690. The van der Waals surface area contributed by atoms with Crippen molar-refractivity contribution in [2.45, 2.75) is 38.7 Å². The van der Waals surface area contributed by atoms with Gasteiger partial charge in [-0.15, -0.1) is 0 Å². The van der Waals surface area contributed by atoms with E-state index < -0.39 is 15.8 Å². The molecule has 0 radical (unpaired) electrons. The van der Waals surface area contributed by atoms with E-state index in [1.807, 2.05) is 37.1 Å². The van der Waals surface area contributed by atoms with E-state index >= 15 is 0 Å². The summed E-state index contributed by atoms with van der Waals surface area (Å²) in [5, 5.41) is 25.1. The van der Waals surface area contributed by atoms with Crippen molar-refractivity contribution in [3.63, 3.8) is 0 Å². The number of aliphatic hydroxyl groups excluding tert-OH is 1. The number of imidazole rings is 1. The summed E-state index contributed by atoms with van der Waals surface area (Å²) >= 11 is 1.28. The summed E-state index contributed by atoms with van der Waals surface area (Å²) in [6, 6.07) is 9.82. The maximum atomic E-state index is 13.7. The van der Waals surface area contributed by atoms with E-state index in [4.69, 9.17) is 15.1 Å². The van der Waals surface area contributed by atoms with Crippen molar-refractivity contribution in [1.29, 1.82) is 5.26 Å². The number of nitriles is 1. The lowest BCUT2D eigenvalue weighted by Crippen LogP contribution is -2.37. The Labute approximate surface area is 230 Å². The molecule has 204 valence electrons. The number of hydrogen-bond donors (Lipinski definition) is 1. The first-order chi connectivity index (χ1) is 18.6. The first-order valence-electron chi connectivity index (χ1n) is 12.5. The number of nitrogens with zero attached hydrogens (tertiary/aromatic N) is 7. The lowest BCUT2D eigenvalue weighted by molar-refractivity contribution is 0.286. The standard InChI is InChI=1S/C26H28FN7O3S2/c1-4-20-25(32(2)26-30-24(22(15-35)38-26)19-6-5-18(27)13-17(19)14-28)34-23(29-20)8-7-21(31-34)16-9-11-33(12-10-16)39(3,36)37/h5-8,13,16,35H,4,9-12,15H2,1-3H3. The molecule has 4 heterocycles. The van der Waals surface area contributed by atoms with Gasteiger partial charge in [0.1, 0.15) is 5.82 Å². The molecule has 0 aliphatic carbocycles. The minimum absolute atomic E-state index is 0.119. The molecule has 1 fully saturated rings. The zero-order valence-corrected chi connectivity index (χ0v) is 23.4. The number of halogens is 1. The zero-order chi connectivity index (χ0) is 27.9. The normalized spacial score (nSPS) is 15.1. The molecule has 0 bridgehead atoms. The van der Waals surface area contributed by atoms with Gasteiger partial charge in [-0.05, 0) is 49.6 Å². The number of fused-ring (bicyclic) bond motifs is 1. The third-order valence-electron chi connectivity index (χ3n) is 7.01. The first kappa shape index (κ1) is 27.1. The number of anilines is 2. The molecule has 4 aromatic rings. The number of rotatable bonds is 7. The van der Waals surface area contributed by atoms with E-state index in [0.717, 1.165) is 23.3 Å². The van der Waals surface area contributed by atoms with Crippen LogP contribution in [-0.2, 0) is 23.1 Å². The molecule has 13 heteroatoms. The van der Waals surface area contributed by atoms with Gasteiger partial charge in [0, 0.05) is 31.6 Å². The molecule has 0 saturated carbocycles. The van der Waals surface area contributed by atoms with Crippen LogP contribution in [0.4, 0.5) is 15.3 Å². The van der Waals surface area contributed by atoms with Crippen LogP contribution in [0.2, 0.25) is 0 Å². The number of piperidine rings is 1. The van der Waals surface area contributed by atoms with Crippen molar-refractivity contribution in [2.24, 2.45) is 0 Å². The van der Waals surface area contributed by atoms with Gasteiger partial charge in [-0.3, -0.25) is 0 Å². The van der Waals surface area contributed by atoms with Gasteiger partial charge in [0.25, 0.3) is 0 Å². The molecule has 0 unspecified atom stereocenters. The van der Waals surface area contributed by atoms with Crippen LogP contribution in [0.3, 0.4) is 0 Å². The summed E-state index contributed by atoms with van der Waals surface area (Å²) < 4.78 is 40.9. The molecule has 1 aliphatic heterocycles. The second-order valence-electron chi connectivity index (χ2n) is 9.49. The Morgan fingerprint density at radius 1 is 1.23 bits per heavy atom. The number of aromatic nitrogens is 4. The van der Waals surface area contributed by atoms with Crippen molar-refractivity contribution < 1.29 is 17.9 Å². The van der Waals surface area contributed by atoms with Gasteiger partial charge in [0.15, 0.2) is 16.6 Å². The van der Waals surface area contributed by atoms with E-state index in [1.54, 1.807) is 4.52 Å². The average Bonchev–Trinajstić information content (AvgIpc) is 3.53. The summed E-state index contributed by atoms with van der Waals surface area (Å²) in [4.78, 5) is 11.9. The van der Waals surface area contributed by atoms with Crippen LogP contribution in [0.25, 0.3) is 16.9 Å². The Morgan fingerprint density at radius 2 is 1.97 bits per heavy atom. The monoisotopic (exact) mass is 569 g/mol. The van der Waals surface area contributed by atoms with Crippen LogP contribution in [0.5, 0.6) is 0 Å². The summed E-state index contributed by atoms with van der Waals surface area (Å²) in [5.74, 6) is 0.330. The summed E-state index contributed by atoms with van der Waals surface area (Å²) in [7, 11) is -1.37. The highest BCUT2D eigenvalue weighted by Gasteiger charge is 2.28. The number of thiazole rings is 1. The van der Waals surface area contributed by atoms with E-state index in [0.29, 0.717) is 59.3 Å². The Hall–Kier alpha value is -3.44. The van der Waals surface area contributed by atoms with Gasteiger partial charge in [-0.2, -0.15) is 14.9 Å². The molecule has 39 heavy (non-hydrogen) atoms. The van der Waals surface area contributed by atoms with E-state index in [-0.39, 0.29) is 18.1 Å². The van der Waals surface area contributed by atoms with Crippen LogP contribution < -0.4 is 4.90 Å². The third-order valence-corrected chi connectivity index (χ3v) is 9.43. The molecule has 5 rings (SSSR count). The van der Waals surface area contributed by atoms with Crippen molar-refractivity contribution in [2.75, 3.05) is 31.3 Å². The summed E-state index contributed by atoms with van der Waals surface area (Å²) in [5.41, 5.74) is 3.38. The Balaban J connectivity index is 1.53. The first-order valence-corrected chi connectivity index (χ1v) is 15.2. The van der Waals surface area contributed by atoms with Crippen LogP contribution in [0.15, 0.2) is 30.3 Å². The number of aliphatic hydroxyl groups is 1. The Morgan fingerprint density at radius 3 is 2.62 bits per heavy atom. The van der Waals surface area contributed by atoms with Crippen molar-refractivity contribution >= 4 is 38.0 Å². The maximum absolute atomic E-state index is 13.7. The molecule has 0 atom stereocenters. The van der Waals surface area contributed by atoms with Crippen molar-refractivity contribution in [3.8, 4) is 17.3 Å². The second-order valence-corrected chi connectivity index (χ2v) is 12.5. The van der Waals surface area contributed by atoms with Crippen LogP contribution in [-0.4, -0.2) is 63.8 Å². The van der Waals surface area contributed by atoms with Crippen LogP contribution in [0.1, 0.15) is 47.5 Å². The van der Waals surface area contributed by atoms with Crippen molar-refractivity contribution in [3.05, 3.63) is 58.0 Å². The predicted octanol–water partition coefficient (Wildman–Crippen LogP) is 3.83. The van der Waals surface area contributed by atoms with Gasteiger partial charge in [0.2, 0.25) is 10.0 Å². The fourth-order valence-corrected chi connectivity index (χ4v) is 6.73. The van der Waals surface area contributed by atoms with Gasteiger partial charge >= 0.3 is 0 Å². The molecule has 1 aromatic carbocycles. The van der Waals surface area contributed by atoms with Gasteiger partial charge in [0.05, 0.1) is 46.5 Å². The highest BCUT2D eigenvalue weighted by atomic mass is 32.2. The molecular weight excluding hydrogens is 541 g/mol. The number of aryl methyl sites for hydroxylation is 1. The molecule has 1 N–H and O–H groups in total. The number of benzene rings is 1. The van der Waals surface area contributed by atoms with E-state index in [1.165, 1.54) is 34.0 Å². The maximum Gasteiger partial charge on any atom is 0.211 e. The molecule has 3 aromatic heterocycles. The molecule has 1 aliphatic rings. The molecule has 10 nitrogen and oxygen atoms in total. The molecule has 0 amide bonds. The molecular formula is C26H28FN7O3S2. The second kappa shape index (κ2) is 10.6. The van der Waals surface area contributed by atoms with Gasteiger partial charge in [-0.1, -0.05) is 18.3 Å². The topological polar surface area (TPSA) is 128 Å². The lowest BCUT2D eigenvalue weighted by atomic mass is 9.94. The minimum Gasteiger partial charge on any atom is -0.391 e. The summed E-state index contributed by atoms with van der Waals surface area (Å²) in [6.45, 7) is 2.64. The fraction of sp³-hybridized carbons (Fsp3) is 0.385. The SMILES string of the molecule is CCc1nc2ccc(C3CCN(S(C)(=O)=O)CC3)nn2c1N(C)c1nc(-c2ccc(F)cc2C#N)c(CO)s1. The highest BCUT2D eigenvalue weighted by molar-refractivity contribution is 7.88. The smallest absolute Gasteiger partial charge is 0.211 e. The highest BCUT2D eigenvalue weighted by Crippen LogP contribution is 2.38. The largest absolute Gasteiger partial charge is 0.391 e. The minimum atomic E-state index is -3.21. The quantitative estimate of drug-likeness (QED) is 0.356. The Kier molecular flexibility index (Phi) is 7.39. The lowest BCUT2D eigenvalue weighted by Gasteiger charge is -2.29. The number of hydrogen-bond acceptors (Lipinski definition) is 9. The zero-order valence-electron chi connectivity index (χ0n) is 21.8. The van der Waals surface area contributed by atoms with E-state index in [2.05, 4.69) is 0 Å². The average molecular weight is 570 g/mol. The molecule has 1 saturated heterocycles.